The van der Waals surface area contributed by atoms with E-state index in [4.69, 9.17) is 4.52 Å². The topological polar surface area (TPSA) is 93.3 Å². The zero-order valence-electron chi connectivity index (χ0n) is 20.3. The summed E-state index contributed by atoms with van der Waals surface area (Å²) in [5, 5.41) is 11.2. The molecule has 8 heteroatoms. The third-order valence-electron chi connectivity index (χ3n) is 5.59. The maximum absolute atomic E-state index is 13.1. The van der Waals surface area contributed by atoms with Crippen LogP contribution in [0.1, 0.15) is 77.5 Å². The third kappa shape index (κ3) is 5.69. The Kier molecular flexibility index (Phi) is 7.36. The van der Waals surface area contributed by atoms with Crippen LogP contribution in [0.25, 0.3) is 0 Å². The molecule has 0 fully saturated rings. The Morgan fingerprint density at radius 3 is 2.52 bits per heavy atom. The highest BCUT2D eigenvalue weighted by Gasteiger charge is 2.22. The van der Waals surface area contributed by atoms with Crippen molar-refractivity contribution < 1.29 is 14.1 Å². The van der Waals surface area contributed by atoms with Crippen LogP contribution in [-0.2, 0) is 32.0 Å². The summed E-state index contributed by atoms with van der Waals surface area (Å²) in [5.74, 6) is -0.205. The quantitative estimate of drug-likeness (QED) is 0.561. The monoisotopic (exact) mass is 451 g/mol. The van der Waals surface area contributed by atoms with Gasteiger partial charge in [0.05, 0.1) is 23.1 Å². The number of hydrogen-bond acceptors (Lipinski definition) is 5. The molecule has 0 saturated heterocycles. The average Bonchev–Trinajstić information content (AvgIpc) is 3.40. The Hall–Kier alpha value is -3.42. The van der Waals surface area contributed by atoms with E-state index in [-0.39, 0.29) is 23.0 Å². The van der Waals surface area contributed by atoms with Crippen molar-refractivity contribution in [2.75, 3.05) is 7.05 Å². The fourth-order valence-electron chi connectivity index (χ4n) is 3.59. The molecule has 3 aromatic rings. The van der Waals surface area contributed by atoms with Gasteiger partial charge in [0.1, 0.15) is 0 Å². The van der Waals surface area contributed by atoms with Gasteiger partial charge in [-0.05, 0) is 17.5 Å². The van der Waals surface area contributed by atoms with Crippen molar-refractivity contribution >= 4 is 11.8 Å². The molecule has 0 radical (unpaired) electrons. The predicted molar refractivity (Wildman–Crippen MR) is 126 cm³/mol. The van der Waals surface area contributed by atoms with Crippen molar-refractivity contribution in [3.8, 4) is 0 Å². The van der Waals surface area contributed by atoms with E-state index in [9.17, 15) is 9.59 Å². The van der Waals surface area contributed by atoms with E-state index >= 15 is 0 Å². The molecule has 2 aromatic heterocycles. The van der Waals surface area contributed by atoms with Crippen LogP contribution in [0.3, 0.4) is 0 Å². The molecular formula is C25H33N5O3. The van der Waals surface area contributed by atoms with E-state index in [1.165, 1.54) is 0 Å². The molecule has 1 aromatic carbocycles. The second-order valence-corrected chi connectivity index (χ2v) is 9.32. The molecule has 0 aliphatic rings. The minimum atomic E-state index is -0.322. The van der Waals surface area contributed by atoms with Crippen molar-refractivity contribution in [1.82, 2.24) is 25.2 Å². The molecular weight excluding hydrogens is 418 g/mol. The van der Waals surface area contributed by atoms with Crippen LogP contribution < -0.4 is 5.32 Å². The fraction of sp³-hybridized carbons (Fsp3) is 0.440. The largest absolute Gasteiger partial charge is 0.351 e. The summed E-state index contributed by atoms with van der Waals surface area (Å²) in [5.41, 5.74) is 4.00. The van der Waals surface area contributed by atoms with E-state index in [1.807, 2.05) is 52.1 Å². The molecule has 0 atom stereocenters. The normalized spacial score (nSPS) is 11.5. The maximum atomic E-state index is 13.1. The molecule has 0 aliphatic carbocycles. The second-order valence-electron chi connectivity index (χ2n) is 9.32. The number of amides is 2. The third-order valence-corrected chi connectivity index (χ3v) is 5.59. The number of aromatic nitrogens is 3. The molecule has 0 saturated carbocycles. The van der Waals surface area contributed by atoms with Gasteiger partial charge in [0.15, 0.2) is 0 Å². The Morgan fingerprint density at radius 1 is 1.18 bits per heavy atom. The van der Waals surface area contributed by atoms with Crippen molar-refractivity contribution in [3.63, 3.8) is 0 Å². The van der Waals surface area contributed by atoms with Gasteiger partial charge in [0.2, 0.25) is 5.76 Å². The van der Waals surface area contributed by atoms with Crippen molar-refractivity contribution in [2.24, 2.45) is 7.05 Å². The smallest absolute Gasteiger partial charge is 0.290 e. The minimum absolute atomic E-state index is 0.0678. The molecule has 2 amide bonds. The number of rotatable bonds is 8. The number of hydrogen-bond donors (Lipinski definition) is 1. The van der Waals surface area contributed by atoms with E-state index in [0.717, 1.165) is 35.4 Å². The fourth-order valence-corrected chi connectivity index (χ4v) is 3.59. The van der Waals surface area contributed by atoms with Gasteiger partial charge in [0, 0.05) is 38.7 Å². The summed E-state index contributed by atoms with van der Waals surface area (Å²) in [6.07, 6.45) is 3.38. The van der Waals surface area contributed by atoms with E-state index < -0.39 is 0 Å². The Balaban J connectivity index is 1.68. The molecule has 33 heavy (non-hydrogen) atoms. The van der Waals surface area contributed by atoms with Crippen LogP contribution in [-0.4, -0.2) is 38.7 Å². The summed E-state index contributed by atoms with van der Waals surface area (Å²) < 4.78 is 6.99. The molecule has 0 bridgehead atoms. The number of carbonyl (C=O) groups is 2. The summed E-state index contributed by atoms with van der Waals surface area (Å²) in [4.78, 5) is 27.3. The first-order valence-corrected chi connectivity index (χ1v) is 11.2. The van der Waals surface area contributed by atoms with Crippen molar-refractivity contribution in [1.29, 1.82) is 0 Å². The van der Waals surface area contributed by atoms with Gasteiger partial charge in [0.25, 0.3) is 11.8 Å². The first kappa shape index (κ1) is 24.2. The highest BCUT2D eigenvalue weighted by atomic mass is 16.5. The van der Waals surface area contributed by atoms with Gasteiger partial charge in [-0.25, -0.2) is 0 Å². The lowest BCUT2D eigenvalue weighted by molar-refractivity contribution is 0.0782. The number of nitrogens with zero attached hydrogens (tertiary/aromatic N) is 4. The van der Waals surface area contributed by atoms with Crippen LogP contribution >= 0.6 is 0 Å². The van der Waals surface area contributed by atoms with Gasteiger partial charge in [-0.2, -0.15) is 5.10 Å². The zero-order valence-corrected chi connectivity index (χ0v) is 20.3. The van der Waals surface area contributed by atoms with E-state index in [2.05, 4.69) is 22.5 Å². The summed E-state index contributed by atoms with van der Waals surface area (Å²) in [6, 6.07) is 9.43. The lowest BCUT2D eigenvalue weighted by Crippen LogP contribution is -2.28. The minimum Gasteiger partial charge on any atom is -0.351 e. The molecule has 1 N–H and O–H groups in total. The zero-order chi connectivity index (χ0) is 24.2. The van der Waals surface area contributed by atoms with Crippen molar-refractivity contribution in [2.45, 2.75) is 59.0 Å². The second kappa shape index (κ2) is 10.0. The number of nitrogens with one attached hydrogen (secondary N) is 1. The summed E-state index contributed by atoms with van der Waals surface area (Å²) in [6.45, 7) is 8.85. The van der Waals surface area contributed by atoms with Gasteiger partial charge in [-0.1, -0.05) is 63.5 Å². The van der Waals surface area contributed by atoms with Gasteiger partial charge in [-0.15, -0.1) is 0 Å². The highest BCUT2D eigenvalue weighted by molar-refractivity contribution is 5.95. The molecule has 176 valence electrons. The molecule has 8 nitrogen and oxygen atoms in total. The summed E-state index contributed by atoms with van der Waals surface area (Å²) >= 11 is 0. The number of aryl methyl sites for hydroxylation is 1. The Morgan fingerprint density at radius 2 is 1.88 bits per heavy atom. The standard InChI is InChI=1S/C25H33N5O3/c1-7-10-20-19(15-27-30(20)6)24(32)29(5)16-18-12-9-8-11-17(18)14-26-23(31)21-13-22(28-33-21)25(2,3)4/h8-9,11-13,15H,7,10,14,16H2,1-6H3,(H,26,31). The van der Waals surface area contributed by atoms with Crippen LogP contribution in [0, 0.1) is 0 Å². The van der Waals surface area contributed by atoms with Gasteiger partial charge < -0.3 is 14.7 Å². The van der Waals surface area contributed by atoms with Gasteiger partial charge >= 0.3 is 0 Å². The maximum Gasteiger partial charge on any atom is 0.290 e. The Labute approximate surface area is 194 Å². The van der Waals surface area contributed by atoms with Crippen LogP contribution in [0.4, 0.5) is 0 Å². The van der Waals surface area contributed by atoms with Crippen LogP contribution in [0.2, 0.25) is 0 Å². The average molecular weight is 452 g/mol. The predicted octanol–water partition coefficient (Wildman–Crippen LogP) is 3.86. The SMILES string of the molecule is CCCc1c(C(=O)N(C)Cc2ccccc2CNC(=O)c2cc(C(C)(C)C)no2)cnn1C. The van der Waals surface area contributed by atoms with Crippen LogP contribution in [0.5, 0.6) is 0 Å². The first-order valence-electron chi connectivity index (χ1n) is 11.2. The molecule has 0 aliphatic heterocycles. The molecule has 0 spiro atoms. The lowest BCUT2D eigenvalue weighted by atomic mass is 9.92. The summed E-state index contributed by atoms with van der Waals surface area (Å²) in [7, 11) is 3.64. The molecule has 2 heterocycles. The lowest BCUT2D eigenvalue weighted by Gasteiger charge is -2.20. The highest BCUT2D eigenvalue weighted by Crippen LogP contribution is 2.22. The van der Waals surface area contributed by atoms with Gasteiger partial charge in [-0.3, -0.25) is 14.3 Å². The number of benzene rings is 1. The van der Waals surface area contributed by atoms with E-state index in [1.54, 1.807) is 28.9 Å². The Bertz CT molecular complexity index is 1120. The molecule has 0 unspecified atom stereocenters. The number of carbonyl (C=O) groups excluding carboxylic acids is 2. The van der Waals surface area contributed by atoms with Crippen molar-refractivity contribution in [3.05, 3.63) is 70.4 Å². The van der Waals surface area contributed by atoms with Crippen LogP contribution in [0.15, 0.2) is 41.1 Å². The molecule has 3 rings (SSSR count). The first-order chi connectivity index (χ1) is 15.6. The van der Waals surface area contributed by atoms with E-state index in [0.29, 0.717) is 18.7 Å².